The minimum Gasteiger partial charge on any atom is -0.512 e. The Bertz CT molecular complexity index is 3750. The molecule has 0 amide bonds. The van der Waals surface area contributed by atoms with Gasteiger partial charge < -0.3 is 45.1 Å². The van der Waals surface area contributed by atoms with E-state index in [-0.39, 0.29) is 133 Å². The fraction of sp³-hybridized carbons (Fsp3) is 0.101. The van der Waals surface area contributed by atoms with Crippen LogP contribution in [-0.4, -0.2) is 60.9 Å². The summed E-state index contributed by atoms with van der Waals surface area (Å²) in [4.78, 5) is 40.8. The summed E-state index contributed by atoms with van der Waals surface area (Å²) in [5.41, 5.74) is 8.91. The van der Waals surface area contributed by atoms with Crippen molar-refractivity contribution in [2.45, 2.75) is 34.3 Å². The van der Waals surface area contributed by atoms with Crippen LogP contribution in [0.5, 0.6) is 0 Å². The minimum atomic E-state index is -0.720. The number of para-hydroxylation sites is 2. The molecule has 476 valence electrons. The molecular weight excluding hydrogens is 1880 g/mol. The van der Waals surface area contributed by atoms with Crippen molar-refractivity contribution in [2.24, 2.45) is 0 Å². The number of hydrogen-bond acceptors (Lipinski definition) is 11. The Hall–Kier alpha value is -7.92. The van der Waals surface area contributed by atoms with Crippen molar-refractivity contribution in [3.8, 4) is 45.0 Å². The van der Waals surface area contributed by atoms with Crippen molar-refractivity contribution in [1.82, 2.24) is 19.9 Å². The van der Waals surface area contributed by atoms with E-state index >= 15 is 0 Å². The third-order valence-corrected chi connectivity index (χ3v) is 11.1. The van der Waals surface area contributed by atoms with Crippen LogP contribution in [0, 0.1) is 59.2 Å². The molecule has 4 heterocycles. The number of rotatable bonds is 11. The van der Waals surface area contributed by atoms with Crippen molar-refractivity contribution < 1.29 is 132 Å². The van der Waals surface area contributed by atoms with Crippen LogP contribution in [0.4, 0.5) is 49.1 Å². The largest absolute Gasteiger partial charge is 0.512 e. The molecule has 0 bridgehead atoms. The van der Waals surface area contributed by atoms with Gasteiger partial charge in [-0.05, 0) is 105 Å². The molecule has 21 heteroatoms. The molecule has 0 aliphatic heterocycles. The van der Waals surface area contributed by atoms with Gasteiger partial charge in [-0.3, -0.25) is 35.9 Å². The van der Waals surface area contributed by atoms with Crippen molar-refractivity contribution in [3.05, 3.63) is 289 Å². The van der Waals surface area contributed by atoms with E-state index in [1.54, 1.807) is 55.0 Å². The van der Waals surface area contributed by atoms with Gasteiger partial charge in [0.25, 0.3) is 0 Å². The SMILES string of the molecule is CC(=O)C=C(C)O.CC(=O)C=C(C)O.CN(C)c1ccnc(-c2[c-]cc(F)cc2)c1.Fc1c[c-]c(-c2cc(N(c3ccccc3)c3ccccc3)ccn2)cc1.Fc1c[c-]c(-c2ccccn2)c(F)c1.OCc1ccnc(-c2[c-]cc(F)cc2F)c1.[Ir].[Ir].[Ir].[Ir]. The van der Waals surface area contributed by atoms with E-state index in [0.29, 0.717) is 17.0 Å². The summed E-state index contributed by atoms with van der Waals surface area (Å²) in [7, 11) is 3.93. The van der Waals surface area contributed by atoms with Crippen LogP contribution in [0.2, 0.25) is 0 Å². The van der Waals surface area contributed by atoms with Crippen LogP contribution in [0.3, 0.4) is 0 Å². The Kier molecular flexibility index (Phi) is 37.5. The topological polar surface area (TPSA) is 153 Å². The maximum atomic E-state index is 13.4. The number of anilines is 4. The normalized spacial score (nSPS) is 10.1. The number of benzene rings is 6. The third-order valence-electron chi connectivity index (χ3n) is 11.1. The smallest absolute Gasteiger partial charge is 0.155 e. The fourth-order valence-corrected chi connectivity index (χ4v) is 7.37. The molecule has 0 saturated carbocycles. The number of hydrogen-bond donors (Lipinski definition) is 3. The van der Waals surface area contributed by atoms with E-state index in [1.165, 1.54) is 76.4 Å². The first-order valence-electron chi connectivity index (χ1n) is 26.0. The maximum absolute atomic E-state index is 13.4. The Morgan fingerprint density at radius 1 is 0.433 bits per heavy atom. The number of nitrogens with zero attached hydrogens (tertiary/aromatic N) is 6. The van der Waals surface area contributed by atoms with Gasteiger partial charge in [-0.25, -0.2) is 0 Å². The van der Waals surface area contributed by atoms with Gasteiger partial charge in [-0.1, -0.05) is 90.0 Å². The van der Waals surface area contributed by atoms with Crippen LogP contribution in [0.1, 0.15) is 33.3 Å². The van der Waals surface area contributed by atoms with Crippen LogP contribution in [0.25, 0.3) is 45.0 Å². The molecule has 0 aliphatic carbocycles. The first kappa shape index (κ1) is 80.1. The van der Waals surface area contributed by atoms with Crippen LogP contribution >= 0.6 is 0 Å². The van der Waals surface area contributed by atoms with Gasteiger partial charge in [0, 0.05) is 189 Å². The van der Waals surface area contributed by atoms with Crippen molar-refractivity contribution in [1.29, 1.82) is 0 Å². The second kappa shape index (κ2) is 42.1. The first-order chi connectivity index (χ1) is 41.2. The zero-order chi connectivity index (χ0) is 62.5. The minimum absolute atomic E-state index is 0. The van der Waals surface area contributed by atoms with Gasteiger partial charge in [-0.2, -0.15) is 0 Å². The van der Waals surface area contributed by atoms with Gasteiger partial charge in [-0.15, -0.1) is 83.9 Å². The van der Waals surface area contributed by atoms with Crippen molar-refractivity contribution in [3.63, 3.8) is 0 Å². The average molecular weight is 1930 g/mol. The summed E-state index contributed by atoms with van der Waals surface area (Å²) >= 11 is 0. The Labute approximate surface area is 573 Å². The fourth-order valence-electron chi connectivity index (χ4n) is 7.37. The molecule has 10 rings (SSSR count). The molecule has 0 aliphatic rings. The molecule has 11 nitrogen and oxygen atoms in total. The zero-order valence-corrected chi connectivity index (χ0v) is 58.4. The average Bonchev–Trinajstić information content (AvgIpc) is 2.98. The predicted octanol–water partition coefficient (Wildman–Crippen LogP) is 16.1. The Morgan fingerprint density at radius 2 is 0.833 bits per heavy atom. The molecule has 4 radical (unpaired) electrons. The molecule has 3 N–H and O–H groups in total. The van der Waals surface area contributed by atoms with E-state index in [4.69, 9.17) is 15.3 Å². The van der Waals surface area contributed by atoms with Crippen molar-refractivity contribution >= 4 is 34.3 Å². The van der Waals surface area contributed by atoms with Gasteiger partial charge in [0.05, 0.1) is 18.1 Å². The number of aliphatic hydroxyl groups is 3. The standard InChI is InChI=1S/C23H16FN2.C13H12FN2.C12H8F2NO.C11H6F2N.2C5H8O2.4Ir/c24-19-13-11-18(12-14-19)23-17-22(15-16-25-23)26(20-7-3-1-4-8-20)21-9-5-2-6-10-21;1-16(2)12-7-8-15-13(9-12)10-3-5-11(14)6-4-10;13-9-1-2-10(11(14)6-9)12-5-8(7-16)3-4-15-12;12-8-4-5-9(10(13)7-8)11-3-1-2-6-14-11;2*1-4(6)3-5(2)7;;;;/h1-11,13-17H;3,5-9H,1-2H3;1,3-6,16H,7H2;1-4,6-7H;2*3,6H,1-2H3;;;;/q4*-1;;;;;;. The quantitative estimate of drug-likeness (QED) is 0.0491. The van der Waals surface area contributed by atoms with Gasteiger partial charge >= 0.3 is 0 Å². The summed E-state index contributed by atoms with van der Waals surface area (Å²) in [6, 6.07) is 59.8. The summed E-state index contributed by atoms with van der Waals surface area (Å²) in [6.07, 6.45) is 8.84. The van der Waals surface area contributed by atoms with Gasteiger partial charge in [0.1, 0.15) is 0 Å². The number of carbonyl (C=O) groups excluding carboxylic acids is 2. The summed E-state index contributed by atoms with van der Waals surface area (Å²) < 4.78 is 77.8. The Balaban J connectivity index is 0.000000565. The number of aliphatic hydroxyl groups excluding tert-OH is 3. The summed E-state index contributed by atoms with van der Waals surface area (Å²) in [5.74, 6) is -3.40. The maximum Gasteiger partial charge on any atom is 0.155 e. The van der Waals surface area contributed by atoms with Crippen LogP contribution in [-0.2, 0) is 96.6 Å². The molecular formula is C69H58F6Ir4N6O5-4. The van der Waals surface area contributed by atoms with E-state index in [1.807, 2.05) is 79.7 Å². The second-order valence-electron chi connectivity index (χ2n) is 18.3. The van der Waals surface area contributed by atoms with E-state index in [0.717, 1.165) is 69.5 Å². The molecule has 0 atom stereocenters. The Morgan fingerprint density at radius 3 is 1.21 bits per heavy atom. The molecule has 90 heavy (non-hydrogen) atoms. The number of allylic oxidation sites excluding steroid dienone is 4. The molecule has 6 aromatic carbocycles. The molecule has 0 saturated heterocycles. The van der Waals surface area contributed by atoms with E-state index in [9.17, 15) is 35.9 Å². The molecule has 4 aromatic heterocycles. The van der Waals surface area contributed by atoms with Gasteiger partial charge in [0.15, 0.2) is 11.6 Å². The molecule has 0 spiro atoms. The second-order valence-corrected chi connectivity index (χ2v) is 18.3. The number of ketones is 2. The predicted molar refractivity (Wildman–Crippen MR) is 323 cm³/mol. The molecule has 10 aromatic rings. The first-order valence-corrected chi connectivity index (χ1v) is 26.0. The number of carbonyl (C=O) groups is 2. The van der Waals surface area contributed by atoms with Gasteiger partial charge in [0.2, 0.25) is 0 Å². The van der Waals surface area contributed by atoms with Crippen LogP contribution < -0.4 is 9.80 Å². The van der Waals surface area contributed by atoms with Crippen molar-refractivity contribution in [2.75, 3.05) is 23.9 Å². The third kappa shape index (κ3) is 27.9. The number of aromatic nitrogens is 4. The van der Waals surface area contributed by atoms with E-state index in [2.05, 4.69) is 73.4 Å². The van der Waals surface area contributed by atoms with E-state index < -0.39 is 23.3 Å². The summed E-state index contributed by atoms with van der Waals surface area (Å²) in [5, 5.41) is 25.7. The summed E-state index contributed by atoms with van der Waals surface area (Å²) in [6.45, 7) is 5.54. The molecule has 0 fully saturated rings. The molecule has 0 unspecified atom stereocenters. The monoisotopic (exact) mass is 1940 g/mol. The number of halogens is 6. The number of pyridine rings is 4. The van der Waals surface area contributed by atoms with Crippen LogP contribution in [0.15, 0.2) is 224 Å². The zero-order valence-electron chi connectivity index (χ0n) is 48.9.